The summed E-state index contributed by atoms with van der Waals surface area (Å²) < 4.78 is 0. The van der Waals surface area contributed by atoms with Gasteiger partial charge in [0.15, 0.2) is 0 Å². The molecule has 0 N–H and O–H groups in total. The molecule has 0 bridgehead atoms. The van der Waals surface area contributed by atoms with Gasteiger partial charge in [-0.2, -0.15) is 0 Å². The van der Waals surface area contributed by atoms with Crippen molar-refractivity contribution in [3.63, 3.8) is 0 Å². The Balaban J connectivity index is 1.20. The molecule has 0 aliphatic heterocycles. The lowest BCUT2D eigenvalue weighted by Crippen LogP contribution is -2.19. The number of rotatable bonds is 12. The first kappa shape index (κ1) is 38.5. The summed E-state index contributed by atoms with van der Waals surface area (Å²) in [5, 5.41) is 1.25. The molecule has 0 spiro atoms. The number of benzene rings is 8. The zero-order valence-corrected chi connectivity index (χ0v) is 34.4. The van der Waals surface area contributed by atoms with Crippen molar-refractivity contribution in [3.8, 4) is 0 Å². The highest BCUT2D eigenvalue weighted by atomic mass is 35.5. The second kappa shape index (κ2) is 17.9. The van der Waals surface area contributed by atoms with E-state index in [0.29, 0.717) is 10.0 Å². The predicted octanol–water partition coefficient (Wildman–Crippen LogP) is 16.8. The number of anilines is 11. The molecule has 8 aromatic rings. The summed E-state index contributed by atoms with van der Waals surface area (Å²) in [5.74, 6) is 0. The molecule has 60 heavy (non-hydrogen) atoms. The molecule has 4 nitrogen and oxygen atoms in total. The molecule has 8 aromatic carbocycles. The van der Waals surface area contributed by atoms with Crippen LogP contribution < -0.4 is 19.6 Å². The number of allylic oxidation sites excluding steroid dienone is 3. The first-order valence-corrected chi connectivity index (χ1v) is 20.9. The number of halogens is 2. The van der Waals surface area contributed by atoms with E-state index in [1.54, 1.807) is 0 Å². The van der Waals surface area contributed by atoms with E-state index >= 15 is 0 Å². The molecular formula is C54H42Cl2N4. The second-order valence-electron chi connectivity index (χ2n) is 14.4. The summed E-state index contributed by atoms with van der Waals surface area (Å²) in [6, 6.07) is 73.0. The SMILES string of the molecule is Clc1c(N(C2=CCCC=C2)c2cccc(N(c3ccccc3)c3cccc(N(c4ccccc4)c4ccccc4)c3Cl)c2)cccc1N(c1ccccc1)c1ccccc1. The zero-order chi connectivity index (χ0) is 40.7. The highest BCUT2D eigenvalue weighted by Crippen LogP contribution is 2.49. The molecular weight excluding hydrogens is 776 g/mol. The van der Waals surface area contributed by atoms with Gasteiger partial charge in [0.05, 0.1) is 32.8 Å². The van der Waals surface area contributed by atoms with Crippen LogP contribution in [0.15, 0.2) is 236 Å². The number of hydrogen-bond donors (Lipinski definition) is 0. The topological polar surface area (TPSA) is 13.0 Å². The molecule has 0 atom stereocenters. The first-order chi connectivity index (χ1) is 29.7. The van der Waals surface area contributed by atoms with Gasteiger partial charge in [0, 0.05) is 45.5 Å². The Labute approximate surface area is 362 Å². The minimum Gasteiger partial charge on any atom is -0.309 e. The van der Waals surface area contributed by atoms with Crippen LogP contribution in [0, 0.1) is 0 Å². The van der Waals surface area contributed by atoms with Gasteiger partial charge in [0.25, 0.3) is 0 Å². The summed E-state index contributed by atoms with van der Waals surface area (Å²) in [4.78, 5) is 8.92. The van der Waals surface area contributed by atoms with Crippen molar-refractivity contribution in [3.05, 3.63) is 246 Å². The van der Waals surface area contributed by atoms with E-state index in [1.807, 2.05) is 30.3 Å². The highest BCUT2D eigenvalue weighted by molar-refractivity contribution is 6.37. The number of nitrogens with zero attached hydrogens (tertiary/aromatic N) is 4. The molecule has 0 radical (unpaired) electrons. The van der Waals surface area contributed by atoms with Gasteiger partial charge < -0.3 is 19.6 Å². The fourth-order valence-corrected chi connectivity index (χ4v) is 8.43. The molecule has 1 aliphatic carbocycles. The molecule has 0 amide bonds. The van der Waals surface area contributed by atoms with E-state index < -0.39 is 0 Å². The number of para-hydroxylation sites is 5. The van der Waals surface area contributed by atoms with Crippen LogP contribution in [0.5, 0.6) is 0 Å². The average Bonchev–Trinajstić information content (AvgIpc) is 3.31. The van der Waals surface area contributed by atoms with E-state index in [0.717, 1.165) is 81.1 Å². The van der Waals surface area contributed by atoms with Crippen molar-refractivity contribution < 1.29 is 0 Å². The standard InChI is InChI=1S/C54H42Cl2N4/c55-53-49(57(41-22-7-1-8-23-41)42-24-9-2-10-25-42)36-20-38-51(53)59(45-30-15-5-16-31-45)47-34-19-35-48(40-47)60(46-32-17-6-18-33-46)52-39-21-37-50(54(52)56)58(43-26-11-3-12-27-43)44-28-13-4-14-29-44/h1-5,7-17,19-40H,6,18H2. The third-order valence-corrected chi connectivity index (χ3v) is 11.3. The van der Waals surface area contributed by atoms with Gasteiger partial charge in [-0.1, -0.05) is 145 Å². The maximum atomic E-state index is 7.66. The van der Waals surface area contributed by atoms with Gasteiger partial charge in [0.1, 0.15) is 0 Å². The molecule has 0 saturated heterocycles. The van der Waals surface area contributed by atoms with Crippen molar-refractivity contribution in [2.45, 2.75) is 12.8 Å². The van der Waals surface area contributed by atoms with E-state index in [4.69, 9.17) is 23.2 Å². The summed E-state index contributed by atoms with van der Waals surface area (Å²) in [5.41, 5.74) is 11.4. The molecule has 0 saturated carbocycles. The Morgan fingerprint density at radius 2 is 0.600 bits per heavy atom. The summed E-state index contributed by atoms with van der Waals surface area (Å²) >= 11 is 15.3. The van der Waals surface area contributed by atoms with Crippen LogP contribution in [0.3, 0.4) is 0 Å². The van der Waals surface area contributed by atoms with Crippen LogP contribution in [0.1, 0.15) is 12.8 Å². The number of hydrogen-bond acceptors (Lipinski definition) is 4. The van der Waals surface area contributed by atoms with Crippen LogP contribution in [-0.4, -0.2) is 0 Å². The second-order valence-corrected chi connectivity index (χ2v) is 15.1. The van der Waals surface area contributed by atoms with E-state index in [2.05, 4.69) is 220 Å². The third-order valence-electron chi connectivity index (χ3n) is 10.5. The predicted molar refractivity (Wildman–Crippen MR) is 256 cm³/mol. The minimum absolute atomic E-state index is 0.618. The summed E-state index contributed by atoms with van der Waals surface area (Å²) in [7, 11) is 0. The van der Waals surface area contributed by atoms with E-state index in [1.165, 1.54) is 0 Å². The largest absolute Gasteiger partial charge is 0.309 e. The Kier molecular flexibility index (Phi) is 11.5. The summed E-state index contributed by atoms with van der Waals surface area (Å²) in [6.07, 6.45) is 8.64. The van der Waals surface area contributed by atoms with Gasteiger partial charge in [-0.3, -0.25) is 0 Å². The van der Waals surface area contributed by atoms with Crippen molar-refractivity contribution in [2.24, 2.45) is 0 Å². The van der Waals surface area contributed by atoms with Crippen LogP contribution in [0.4, 0.5) is 62.6 Å². The smallest absolute Gasteiger partial charge is 0.0887 e. The molecule has 9 rings (SSSR count). The quantitative estimate of drug-likeness (QED) is 0.122. The first-order valence-electron chi connectivity index (χ1n) is 20.2. The summed E-state index contributed by atoms with van der Waals surface area (Å²) in [6.45, 7) is 0. The van der Waals surface area contributed by atoms with Crippen LogP contribution in [0.2, 0.25) is 10.0 Å². The molecule has 0 fully saturated rings. The van der Waals surface area contributed by atoms with Crippen LogP contribution in [-0.2, 0) is 0 Å². The Bertz CT molecular complexity index is 2660. The lowest BCUT2D eigenvalue weighted by molar-refractivity contribution is 0.997. The lowest BCUT2D eigenvalue weighted by atomic mass is 10.1. The maximum Gasteiger partial charge on any atom is 0.0887 e. The van der Waals surface area contributed by atoms with Crippen molar-refractivity contribution in [1.29, 1.82) is 0 Å². The lowest BCUT2D eigenvalue weighted by Gasteiger charge is -2.33. The molecule has 0 heterocycles. The van der Waals surface area contributed by atoms with Gasteiger partial charge in [-0.15, -0.1) is 0 Å². The zero-order valence-electron chi connectivity index (χ0n) is 32.9. The molecule has 0 aromatic heterocycles. The van der Waals surface area contributed by atoms with Gasteiger partial charge in [0.2, 0.25) is 0 Å². The monoisotopic (exact) mass is 816 g/mol. The van der Waals surface area contributed by atoms with Gasteiger partial charge in [-0.05, 0) is 122 Å². The van der Waals surface area contributed by atoms with Gasteiger partial charge in [-0.25, -0.2) is 0 Å². The van der Waals surface area contributed by atoms with Crippen LogP contribution >= 0.6 is 23.2 Å². The van der Waals surface area contributed by atoms with Crippen molar-refractivity contribution in [2.75, 3.05) is 19.6 Å². The molecule has 1 aliphatic rings. The minimum atomic E-state index is 0.618. The Hall–Kier alpha value is -6.98. The molecule has 292 valence electrons. The average molecular weight is 818 g/mol. The normalized spacial score (nSPS) is 12.1. The fourth-order valence-electron chi connectivity index (χ4n) is 7.84. The fraction of sp³-hybridized carbons (Fsp3) is 0.0370. The molecule has 6 heteroatoms. The third kappa shape index (κ3) is 7.91. The van der Waals surface area contributed by atoms with E-state index in [9.17, 15) is 0 Å². The van der Waals surface area contributed by atoms with E-state index in [-0.39, 0.29) is 0 Å². The van der Waals surface area contributed by atoms with Crippen molar-refractivity contribution in [1.82, 2.24) is 0 Å². The maximum absolute atomic E-state index is 7.66. The molecule has 0 unspecified atom stereocenters. The Morgan fingerprint density at radius 3 is 0.950 bits per heavy atom. The van der Waals surface area contributed by atoms with Gasteiger partial charge >= 0.3 is 0 Å². The Morgan fingerprint density at radius 1 is 0.300 bits per heavy atom. The highest BCUT2D eigenvalue weighted by Gasteiger charge is 2.26. The van der Waals surface area contributed by atoms with Crippen molar-refractivity contribution >= 4 is 85.8 Å². The van der Waals surface area contributed by atoms with Crippen LogP contribution in [0.25, 0.3) is 0 Å².